The van der Waals surface area contributed by atoms with Gasteiger partial charge in [-0.2, -0.15) is 10.7 Å². The smallest absolute Gasteiger partial charge is 0.0893 e. The fourth-order valence-corrected chi connectivity index (χ4v) is 2.58. The Hall–Kier alpha value is -0.420. The van der Waals surface area contributed by atoms with E-state index < -0.39 is 0 Å². The van der Waals surface area contributed by atoms with E-state index in [-0.39, 0.29) is 0 Å². The molecule has 2 atom stereocenters. The molecule has 3 rings (SSSR count). The average molecular weight is 180 g/mol. The van der Waals surface area contributed by atoms with E-state index >= 15 is 0 Å². The number of nitrogens with one attached hydrogen (secondary N) is 2. The van der Waals surface area contributed by atoms with Crippen molar-refractivity contribution >= 4 is 0 Å². The standard InChI is InChI=1S/C9H16N4/c1-2-4-8-5-6-9-10-11-12(7-3-1)13(8)9/h1,3,8-11H,2,4-7H2. The maximum atomic E-state index is 3.31. The van der Waals surface area contributed by atoms with Crippen LogP contribution in [0.15, 0.2) is 12.2 Å². The molecule has 2 saturated heterocycles. The lowest BCUT2D eigenvalue weighted by Gasteiger charge is -2.31. The maximum absolute atomic E-state index is 3.31. The predicted molar refractivity (Wildman–Crippen MR) is 50.0 cm³/mol. The Morgan fingerprint density at radius 1 is 1.15 bits per heavy atom. The molecular weight excluding hydrogens is 164 g/mol. The van der Waals surface area contributed by atoms with Crippen molar-refractivity contribution < 1.29 is 0 Å². The first-order chi connectivity index (χ1) is 6.45. The van der Waals surface area contributed by atoms with Gasteiger partial charge in [-0.05, 0) is 25.7 Å². The van der Waals surface area contributed by atoms with Crippen LogP contribution in [0.2, 0.25) is 0 Å². The van der Waals surface area contributed by atoms with Gasteiger partial charge in [0, 0.05) is 12.6 Å². The van der Waals surface area contributed by atoms with Crippen molar-refractivity contribution in [3.63, 3.8) is 0 Å². The Balaban J connectivity index is 1.85. The van der Waals surface area contributed by atoms with E-state index in [2.05, 4.69) is 33.2 Å². The molecule has 0 aromatic carbocycles. The molecule has 0 amide bonds. The Bertz CT molecular complexity index is 228. The molecule has 0 spiro atoms. The Kier molecular flexibility index (Phi) is 1.87. The molecule has 13 heavy (non-hydrogen) atoms. The minimum absolute atomic E-state index is 0.538. The van der Waals surface area contributed by atoms with Crippen molar-refractivity contribution in [3.8, 4) is 0 Å². The van der Waals surface area contributed by atoms with Gasteiger partial charge in [0.25, 0.3) is 0 Å². The van der Waals surface area contributed by atoms with Gasteiger partial charge < -0.3 is 0 Å². The second kappa shape index (κ2) is 3.06. The number of rotatable bonds is 0. The van der Waals surface area contributed by atoms with Crippen LogP contribution >= 0.6 is 0 Å². The van der Waals surface area contributed by atoms with Gasteiger partial charge in [-0.3, -0.25) is 0 Å². The van der Waals surface area contributed by atoms with Crippen LogP contribution in [-0.2, 0) is 0 Å². The van der Waals surface area contributed by atoms with Crippen molar-refractivity contribution in [2.75, 3.05) is 6.54 Å². The lowest BCUT2D eigenvalue weighted by molar-refractivity contribution is -0.0398. The molecule has 0 aliphatic carbocycles. The Morgan fingerprint density at radius 2 is 2.15 bits per heavy atom. The van der Waals surface area contributed by atoms with Crippen LogP contribution in [0.3, 0.4) is 0 Å². The van der Waals surface area contributed by atoms with Crippen LogP contribution in [0.1, 0.15) is 25.7 Å². The summed E-state index contributed by atoms with van der Waals surface area (Å²) in [5, 5.41) is 4.68. The third kappa shape index (κ3) is 1.21. The van der Waals surface area contributed by atoms with Crippen LogP contribution in [0.5, 0.6) is 0 Å². The molecule has 3 heterocycles. The first-order valence-electron chi connectivity index (χ1n) is 5.17. The number of hydrogen-bond acceptors (Lipinski definition) is 4. The highest BCUT2D eigenvalue weighted by Gasteiger charge is 2.41. The maximum Gasteiger partial charge on any atom is 0.0893 e. The molecule has 0 aromatic rings. The van der Waals surface area contributed by atoms with Crippen LogP contribution < -0.4 is 11.0 Å². The predicted octanol–water partition coefficient (Wildman–Crippen LogP) is 0.367. The zero-order valence-electron chi connectivity index (χ0n) is 7.74. The van der Waals surface area contributed by atoms with Crippen LogP contribution in [-0.4, -0.2) is 28.9 Å². The molecule has 0 saturated carbocycles. The summed E-state index contributed by atoms with van der Waals surface area (Å²) < 4.78 is 0. The molecule has 2 unspecified atom stereocenters. The second-order valence-corrected chi connectivity index (χ2v) is 4.01. The Labute approximate surface area is 78.5 Å². The minimum Gasteiger partial charge on any atom is -0.224 e. The molecule has 0 aromatic heterocycles. The second-order valence-electron chi connectivity index (χ2n) is 4.01. The Morgan fingerprint density at radius 3 is 3.15 bits per heavy atom. The van der Waals surface area contributed by atoms with Gasteiger partial charge >= 0.3 is 0 Å². The van der Waals surface area contributed by atoms with E-state index in [1.54, 1.807) is 0 Å². The lowest BCUT2D eigenvalue weighted by Crippen LogP contribution is -2.47. The van der Waals surface area contributed by atoms with Crippen molar-refractivity contribution in [2.24, 2.45) is 0 Å². The molecule has 4 nitrogen and oxygen atoms in total. The molecule has 0 bridgehead atoms. The normalized spacial score (nSPS) is 40.3. The topological polar surface area (TPSA) is 30.5 Å². The van der Waals surface area contributed by atoms with Gasteiger partial charge in [0.05, 0.1) is 6.17 Å². The van der Waals surface area contributed by atoms with Gasteiger partial charge in [-0.1, -0.05) is 12.2 Å². The monoisotopic (exact) mass is 180 g/mol. The first-order valence-corrected chi connectivity index (χ1v) is 5.17. The van der Waals surface area contributed by atoms with Gasteiger partial charge in [0.1, 0.15) is 0 Å². The molecule has 3 aliphatic heterocycles. The summed E-state index contributed by atoms with van der Waals surface area (Å²) in [6.45, 7) is 0.986. The third-order valence-electron chi connectivity index (χ3n) is 3.22. The summed E-state index contributed by atoms with van der Waals surface area (Å²) in [5.41, 5.74) is 6.53. The SMILES string of the molecule is C1=CCN2NNC3CCC(CC1)N32. The van der Waals surface area contributed by atoms with Gasteiger partial charge in [-0.15, -0.1) is 0 Å². The summed E-state index contributed by atoms with van der Waals surface area (Å²) in [4.78, 5) is 0. The first kappa shape index (κ1) is 7.94. The van der Waals surface area contributed by atoms with Crippen molar-refractivity contribution in [1.82, 2.24) is 21.1 Å². The molecule has 3 aliphatic rings. The van der Waals surface area contributed by atoms with Gasteiger partial charge in [0.2, 0.25) is 0 Å². The summed E-state index contributed by atoms with van der Waals surface area (Å²) in [6.07, 6.45) is 10.2. The minimum atomic E-state index is 0.538. The number of hydrogen-bond donors (Lipinski definition) is 2. The molecule has 4 heteroatoms. The summed E-state index contributed by atoms with van der Waals surface area (Å²) in [6, 6.07) is 0.748. The zero-order valence-corrected chi connectivity index (χ0v) is 7.74. The van der Waals surface area contributed by atoms with Crippen LogP contribution in [0.4, 0.5) is 0 Å². The van der Waals surface area contributed by atoms with E-state index in [1.165, 1.54) is 25.7 Å². The van der Waals surface area contributed by atoms with Gasteiger partial charge in [-0.25, -0.2) is 10.4 Å². The molecular formula is C9H16N4. The molecule has 0 radical (unpaired) electrons. The highest BCUT2D eigenvalue weighted by Crippen LogP contribution is 2.29. The average Bonchev–Trinajstić information content (AvgIpc) is 2.60. The van der Waals surface area contributed by atoms with Crippen molar-refractivity contribution in [2.45, 2.75) is 37.9 Å². The van der Waals surface area contributed by atoms with Crippen molar-refractivity contribution in [1.29, 1.82) is 0 Å². The summed E-state index contributed by atoms with van der Waals surface area (Å²) in [7, 11) is 0. The number of nitrogens with zero attached hydrogens (tertiary/aromatic N) is 2. The highest BCUT2D eigenvalue weighted by molar-refractivity contribution is 4.94. The fourth-order valence-electron chi connectivity index (χ4n) is 2.58. The quantitative estimate of drug-likeness (QED) is 0.527. The van der Waals surface area contributed by atoms with E-state index in [0.717, 1.165) is 12.6 Å². The molecule has 2 fully saturated rings. The van der Waals surface area contributed by atoms with Crippen molar-refractivity contribution in [3.05, 3.63) is 12.2 Å². The zero-order chi connectivity index (χ0) is 8.67. The molecule has 2 N–H and O–H groups in total. The fraction of sp³-hybridized carbons (Fsp3) is 0.778. The van der Waals surface area contributed by atoms with E-state index in [0.29, 0.717) is 6.17 Å². The molecule has 72 valence electrons. The van der Waals surface area contributed by atoms with Crippen LogP contribution in [0.25, 0.3) is 0 Å². The van der Waals surface area contributed by atoms with Gasteiger partial charge in [0.15, 0.2) is 0 Å². The van der Waals surface area contributed by atoms with E-state index in [1.807, 2.05) is 0 Å². The third-order valence-corrected chi connectivity index (χ3v) is 3.22. The van der Waals surface area contributed by atoms with E-state index in [4.69, 9.17) is 0 Å². The van der Waals surface area contributed by atoms with E-state index in [9.17, 15) is 0 Å². The number of hydrazine groups is 3. The summed E-state index contributed by atoms with van der Waals surface area (Å²) in [5.74, 6) is 0. The largest absolute Gasteiger partial charge is 0.224 e. The lowest BCUT2D eigenvalue weighted by atomic mass is 10.1. The van der Waals surface area contributed by atoms with Crippen LogP contribution in [0, 0.1) is 0 Å². The number of allylic oxidation sites excluding steroid dienone is 1. The highest BCUT2D eigenvalue weighted by atomic mass is 16.0. The summed E-state index contributed by atoms with van der Waals surface area (Å²) >= 11 is 0.